The zero-order chi connectivity index (χ0) is 14.7. The fraction of sp³-hybridized carbons (Fsp3) is 0. The van der Waals surface area contributed by atoms with Crippen LogP contribution in [0.4, 0.5) is 5.69 Å². The lowest BCUT2D eigenvalue weighted by Gasteiger charge is -2.06. The minimum Gasteiger partial charge on any atom is -0.325 e. The highest BCUT2D eigenvalue weighted by Gasteiger charge is 2.08. The van der Waals surface area contributed by atoms with Gasteiger partial charge in [0.2, 0.25) is 0 Å². The van der Waals surface area contributed by atoms with Crippen LogP contribution < -0.4 is 10.9 Å². The first-order valence-electron chi connectivity index (χ1n) is 6.18. The lowest BCUT2D eigenvalue weighted by molar-refractivity contribution is 0.102. The smallest absolute Gasteiger partial charge is 0.275 e. The molecule has 7 heteroatoms. The predicted molar refractivity (Wildman–Crippen MR) is 76.8 cm³/mol. The van der Waals surface area contributed by atoms with Crippen molar-refractivity contribution in [1.82, 2.24) is 20.2 Å². The summed E-state index contributed by atoms with van der Waals surface area (Å²) < 4.78 is 0. The van der Waals surface area contributed by atoms with E-state index >= 15 is 0 Å². The number of nitrogens with zero attached hydrogens (tertiary/aromatic N) is 2. The van der Waals surface area contributed by atoms with Crippen LogP contribution in [0.15, 0.2) is 53.7 Å². The second-order valence-corrected chi connectivity index (χ2v) is 4.30. The van der Waals surface area contributed by atoms with Crippen molar-refractivity contribution in [2.24, 2.45) is 0 Å². The molecule has 3 rings (SSSR count). The first kappa shape index (κ1) is 12.8. The monoisotopic (exact) mass is 281 g/mol. The Morgan fingerprint density at radius 2 is 2.14 bits per heavy atom. The summed E-state index contributed by atoms with van der Waals surface area (Å²) in [4.78, 5) is 29.1. The average molecular weight is 281 g/mol. The van der Waals surface area contributed by atoms with Gasteiger partial charge in [-0.2, -0.15) is 5.10 Å². The second kappa shape index (κ2) is 5.41. The van der Waals surface area contributed by atoms with Crippen molar-refractivity contribution in [3.05, 3.63) is 65.0 Å². The maximum absolute atomic E-state index is 12.0. The van der Waals surface area contributed by atoms with Crippen molar-refractivity contribution >= 4 is 11.6 Å². The number of amides is 1. The van der Waals surface area contributed by atoms with Crippen LogP contribution in [0.1, 0.15) is 10.5 Å². The molecular formula is C14H11N5O2. The first-order valence-corrected chi connectivity index (χ1v) is 6.18. The molecule has 2 aromatic heterocycles. The van der Waals surface area contributed by atoms with Gasteiger partial charge in [-0.3, -0.25) is 14.7 Å². The normalized spacial score (nSPS) is 10.3. The summed E-state index contributed by atoms with van der Waals surface area (Å²) in [5.74, 6) is -0.395. The molecule has 3 aromatic rings. The van der Waals surface area contributed by atoms with Crippen LogP contribution in [0.3, 0.4) is 0 Å². The molecule has 0 spiro atoms. The van der Waals surface area contributed by atoms with Crippen LogP contribution in [-0.2, 0) is 0 Å². The van der Waals surface area contributed by atoms with Crippen molar-refractivity contribution in [2.75, 3.05) is 5.32 Å². The molecule has 0 aliphatic heterocycles. The quantitative estimate of drug-likeness (QED) is 0.675. The number of aromatic amines is 2. The van der Waals surface area contributed by atoms with E-state index in [0.717, 1.165) is 17.5 Å². The van der Waals surface area contributed by atoms with Gasteiger partial charge in [0.05, 0.1) is 11.9 Å². The fourth-order valence-corrected chi connectivity index (χ4v) is 1.84. The van der Waals surface area contributed by atoms with Crippen LogP contribution >= 0.6 is 0 Å². The summed E-state index contributed by atoms with van der Waals surface area (Å²) in [6.07, 6.45) is 4.00. The third-order valence-electron chi connectivity index (χ3n) is 2.84. The summed E-state index contributed by atoms with van der Waals surface area (Å²) in [6.45, 7) is 0. The van der Waals surface area contributed by atoms with Gasteiger partial charge in [-0.1, -0.05) is 12.1 Å². The lowest BCUT2D eigenvalue weighted by Crippen LogP contribution is -2.16. The molecule has 0 aliphatic carbocycles. The second-order valence-electron chi connectivity index (χ2n) is 4.30. The van der Waals surface area contributed by atoms with Crippen molar-refractivity contribution in [3.63, 3.8) is 0 Å². The molecule has 3 N–H and O–H groups in total. The Bertz CT molecular complexity index is 803. The van der Waals surface area contributed by atoms with Crippen LogP contribution in [0.5, 0.6) is 0 Å². The molecule has 0 aliphatic rings. The number of hydrogen-bond donors (Lipinski definition) is 3. The van der Waals surface area contributed by atoms with Gasteiger partial charge in [-0.15, -0.1) is 0 Å². The number of hydrogen-bond acceptors (Lipinski definition) is 4. The maximum atomic E-state index is 12.0. The summed E-state index contributed by atoms with van der Waals surface area (Å²) in [7, 11) is 0. The van der Waals surface area contributed by atoms with E-state index in [9.17, 15) is 9.59 Å². The van der Waals surface area contributed by atoms with Crippen molar-refractivity contribution < 1.29 is 4.79 Å². The Kier molecular flexibility index (Phi) is 3.30. The van der Waals surface area contributed by atoms with Gasteiger partial charge >= 0.3 is 0 Å². The third-order valence-corrected chi connectivity index (χ3v) is 2.84. The summed E-state index contributed by atoms with van der Waals surface area (Å²) in [5.41, 5.74) is 2.17. The highest BCUT2D eigenvalue weighted by atomic mass is 16.2. The largest absolute Gasteiger partial charge is 0.325 e. The number of benzene rings is 1. The number of anilines is 1. The third kappa shape index (κ3) is 2.86. The van der Waals surface area contributed by atoms with Gasteiger partial charge in [0.15, 0.2) is 0 Å². The minimum atomic E-state index is -0.395. The molecule has 7 nitrogen and oxygen atoms in total. The number of carbonyl (C=O) groups excluding carboxylic acids is 1. The Hall–Kier alpha value is -3.22. The number of aromatic nitrogens is 4. The van der Waals surface area contributed by atoms with Crippen LogP contribution in [0.2, 0.25) is 0 Å². The zero-order valence-electron chi connectivity index (χ0n) is 10.8. The van der Waals surface area contributed by atoms with E-state index in [1.807, 2.05) is 24.3 Å². The molecule has 0 saturated carbocycles. The van der Waals surface area contributed by atoms with Crippen molar-refractivity contribution in [3.8, 4) is 11.3 Å². The number of carbonyl (C=O) groups is 1. The van der Waals surface area contributed by atoms with Crippen molar-refractivity contribution in [2.45, 2.75) is 0 Å². The molecule has 104 valence electrons. The van der Waals surface area contributed by atoms with E-state index in [2.05, 4.69) is 25.5 Å². The van der Waals surface area contributed by atoms with E-state index in [1.165, 1.54) is 6.20 Å². The first-order chi connectivity index (χ1) is 10.2. The standard InChI is InChI=1S/C14H11N5O2/c20-13-8-15-12(7-16-13)14(21)18-10-3-1-2-9(6-10)11-4-5-17-19-11/h1-8H,(H,16,20)(H,17,19)(H,18,21). The topological polar surface area (TPSA) is 104 Å². The molecule has 0 fully saturated rings. The van der Waals surface area contributed by atoms with Gasteiger partial charge < -0.3 is 10.3 Å². The molecule has 1 amide bonds. The van der Waals surface area contributed by atoms with E-state index < -0.39 is 5.91 Å². The van der Waals surface area contributed by atoms with E-state index in [-0.39, 0.29) is 11.3 Å². The molecule has 0 unspecified atom stereocenters. The van der Waals surface area contributed by atoms with Crippen molar-refractivity contribution in [1.29, 1.82) is 0 Å². The Morgan fingerprint density at radius 3 is 2.86 bits per heavy atom. The molecule has 0 radical (unpaired) electrons. The van der Waals surface area contributed by atoms with Gasteiger partial charge in [-0.05, 0) is 18.2 Å². The number of rotatable bonds is 3. The van der Waals surface area contributed by atoms with E-state index in [4.69, 9.17) is 0 Å². The molecule has 0 saturated heterocycles. The number of H-pyrrole nitrogens is 2. The number of nitrogens with one attached hydrogen (secondary N) is 3. The highest BCUT2D eigenvalue weighted by Crippen LogP contribution is 2.20. The summed E-state index contributed by atoms with van der Waals surface area (Å²) >= 11 is 0. The molecule has 2 heterocycles. The lowest BCUT2D eigenvalue weighted by atomic mass is 10.1. The van der Waals surface area contributed by atoms with Gasteiger partial charge in [0.25, 0.3) is 11.5 Å². The Balaban J connectivity index is 1.82. The molecule has 0 bridgehead atoms. The Labute approximate surface area is 119 Å². The summed E-state index contributed by atoms with van der Waals surface area (Å²) in [6, 6.07) is 9.15. The zero-order valence-corrected chi connectivity index (χ0v) is 10.8. The van der Waals surface area contributed by atoms with Crippen LogP contribution in [0, 0.1) is 0 Å². The minimum absolute atomic E-state index is 0.140. The molecular weight excluding hydrogens is 270 g/mol. The summed E-state index contributed by atoms with van der Waals surface area (Å²) in [5, 5.41) is 9.47. The van der Waals surface area contributed by atoms with Gasteiger partial charge in [-0.25, -0.2) is 4.98 Å². The fourth-order valence-electron chi connectivity index (χ4n) is 1.84. The molecule has 0 atom stereocenters. The highest BCUT2D eigenvalue weighted by molar-refractivity contribution is 6.02. The van der Waals surface area contributed by atoms with E-state index in [1.54, 1.807) is 12.3 Å². The predicted octanol–water partition coefficient (Wildman–Crippen LogP) is 1.41. The van der Waals surface area contributed by atoms with Gasteiger partial charge in [0.1, 0.15) is 5.69 Å². The maximum Gasteiger partial charge on any atom is 0.275 e. The SMILES string of the molecule is O=C(Nc1cccc(-c2ccn[nH]2)c1)c1c[nH]c(=O)cn1. The van der Waals surface area contributed by atoms with Crippen LogP contribution in [-0.4, -0.2) is 26.1 Å². The Morgan fingerprint density at radius 1 is 1.24 bits per heavy atom. The molecule has 1 aromatic carbocycles. The average Bonchev–Trinajstić information content (AvgIpc) is 3.02. The molecule has 21 heavy (non-hydrogen) atoms. The van der Waals surface area contributed by atoms with Crippen LogP contribution in [0.25, 0.3) is 11.3 Å². The van der Waals surface area contributed by atoms with E-state index in [0.29, 0.717) is 5.69 Å². The van der Waals surface area contributed by atoms with Gasteiger partial charge in [0, 0.05) is 23.6 Å².